The summed E-state index contributed by atoms with van der Waals surface area (Å²) in [5, 5.41) is -0.520. The van der Waals surface area contributed by atoms with E-state index < -0.39 is 68.5 Å². The van der Waals surface area contributed by atoms with Crippen molar-refractivity contribution in [3.8, 4) is 0 Å². The van der Waals surface area contributed by atoms with Crippen LogP contribution in [0.4, 0.5) is 17.6 Å². The molecule has 2 heterocycles. The largest absolute Gasteiger partial charge is 0.511 e. The molecule has 0 bridgehead atoms. The molecule has 9 nitrogen and oxygen atoms in total. The van der Waals surface area contributed by atoms with Crippen LogP contribution in [0.15, 0.2) is 63.3 Å². The highest BCUT2D eigenvalue weighted by atomic mass is 32.2. The van der Waals surface area contributed by atoms with Crippen LogP contribution in [-0.4, -0.2) is 59.3 Å². The Labute approximate surface area is 217 Å². The smallest absolute Gasteiger partial charge is 0.333 e. The maximum atomic E-state index is 14.5. The van der Waals surface area contributed by atoms with Gasteiger partial charge in [0, 0.05) is 32.1 Å². The van der Waals surface area contributed by atoms with Gasteiger partial charge in [-0.05, 0) is 37.0 Å². The Morgan fingerprint density at radius 2 is 1.50 bits per heavy atom. The van der Waals surface area contributed by atoms with Crippen LogP contribution in [0.5, 0.6) is 0 Å². The van der Waals surface area contributed by atoms with Crippen LogP contribution in [0.1, 0.15) is 12.8 Å². The van der Waals surface area contributed by atoms with Gasteiger partial charge in [0.15, 0.2) is 5.03 Å². The van der Waals surface area contributed by atoms with Crippen LogP contribution in [0.25, 0.3) is 10.9 Å². The normalized spacial score (nSPS) is 16.8. The van der Waals surface area contributed by atoms with Crippen LogP contribution in [0, 0.1) is 11.7 Å². The Morgan fingerprint density at radius 3 is 2.11 bits per heavy atom. The summed E-state index contributed by atoms with van der Waals surface area (Å²) in [6.07, 6.45) is 0.0551. The topological polar surface area (TPSA) is 123 Å². The van der Waals surface area contributed by atoms with Crippen molar-refractivity contribution in [3.05, 3.63) is 54.3 Å². The van der Waals surface area contributed by atoms with E-state index in [9.17, 15) is 42.8 Å². The lowest BCUT2D eigenvalue weighted by molar-refractivity contribution is -0.0448. The lowest BCUT2D eigenvalue weighted by atomic mass is 9.99. The van der Waals surface area contributed by atoms with Crippen LogP contribution >= 0.6 is 0 Å². The lowest BCUT2D eigenvalue weighted by Gasteiger charge is -2.31. The first-order valence-electron chi connectivity index (χ1n) is 11.2. The van der Waals surface area contributed by atoms with Gasteiger partial charge in [0.2, 0.25) is 19.9 Å². The molecule has 0 atom stereocenters. The second-order valence-electron chi connectivity index (χ2n) is 8.79. The van der Waals surface area contributed by atoms with E-state index in [1.807, 2.05) is 0 Å². The highest BCUT2D eigenvalue weighted by Crippen LogP contribution is 2.38. The summed E-state index contributed by atoms with van der Waals surface area (Å²) in [7, 11) is -13.3. The molecule has 0 unspecified atom stereocenters. The molecule has 0 spiro atoms. The Hall–Kier alpha value is -2.53. The molecule has 3 aromatic rings. The molecular formula is C22H23F4N3O6S3. The zero-order valence-electron chi connectivity index (χ0n) is 19.8. The number of sulfone groups is 1. The molecule has 0 amide bonds. The standard InChI is InChI=1S/C22H23F4N3O6S3/c1-28-18-8-4-2-6-16(18)20(21(28)36(30,31)19-9-5-3-7-17(19)23)37(32,33)29-12-10-15(11-13-29)14-27-38(34,35)22(24,25)26/h2-9,15,27H,10-14H2,1H3. The molecule has 1 aliphatic heterocycles. The first-order valence-corrected chi connectivity index (χ1v) is 15.6. The molecule has 16 heteroatoms. The summed E-state index contributed by atoms with van der Waals surface area (Å²) >= 11 is 0. The van der Waals surface area contributed by atoms with Crippen LogP contribution in [-0.2, 0) is 36.9 Å². The fourth-order valence-corrected chi connectivity index (χ4v) is 9.07. The highest BCUT2D eigenvalue weighted by Gasteiger charge is 2.46. The maximum absolute atomic E-state index is 14.5. The van der Waals surface area contributed by atoms with Crippen molar-refractivity contribution in [1.82, 2.24) is 13.6 Å². The third-order valence-electron chi connectivity index (χ3n) is 6.43. The zero-order valence-corrected chi connectivity index (χ0v) is 22.3. The number of aromatic nitrogens is 1. The average molecular weight is 598 g/mol. The number of alkyl halides is 3. The first kappa shape index (κ1) is 28.5. The molecule has 1 N–H and O–H groups in total. The maximum Gasteiger partial charge on any atom is 0.511 e. The summed E-state index contributed by atoms with van der Waals surface area (Å²) in [5.41, 5.74) is -5.19. The number of aryl methyl sites for hydroxylation is 1. The summed E-state index contributed by atoms with van der Waals surface area (Å²) in [6.45, 7) is -0.913. The van der Waals surface area contributed by atoms with Gasteiger partial charge >= 0.3 is 15.5 Å². The molecule has 1 aromatic heterocycles. The minimum Gasteiger partial charge on any atom is -0.333 e. The second-order valence-corrected chi connectivity index (χ2v) is 14.3. The van der Waals surface area contributed by atoms with Gasteiger partial charge in [-0.3, -0.25) is 0 Å². The third kappa shape index (κ3) is 4.95. The lowest BCUT2D eigenvalue weighted by Crippen LogP contribution is -2.44. The van der Waals surface area contributed by atoms with E-state index in [-0.39, 0.29) is 36.8 Å². The molecule has 38 heavy (non-hydrogen) atoms. The SMILES string of the molecule is Cn1c(S(=O)(=O)c2ccccc2F)c(S(=O)(=O)N2CCC(CNS(=O)(=O)C(F)(F)F)CC2)c2ccccc21. The number of hydrogen-bond donors (Lipinski definition) is 1. The van der Waals surface area contributed by atoms with E-state index >= 15 is 0 Å². The van der Waals surface area contributed by atoms with Gasteiger partial charge in [0.05, 0.1) is 5.52 Å². The van der Waals surface area contributed by atoms with Gasteiger partial charge in [-0.25, -0.2) is 34.4 Å². The van der Waals surface area contributed by atoms with Crippen LogP contribution in [0.3, 0.4) is 0 Å². The van der Waals surface area contributed by atoms with Gasteiger partial charge in [0.25, 0.3) is 0 Å². The number of nitrogens with zero attached hydrogens (tertiary/aromatic N) is 2. The molecule has 1 saturated heterocycles. The number of sulfonamides is 2. The number of hydrogen-bond acceptors (Lipinski definition) is 6. The van der Waals surface area contributed by atoms with E-state index in [0.29, 0.717) is 0 Å². The second kappa shape index (κ2) is 9.89. The summed E-state index contributed by atoms with van der Waals surface area (Å²) < 4.78 is 133. The number of fused-ring (bicyclic) bond motifs is 1. The Bertz CT molecular complexity index is 1690. The van der Waals surface area contributed by atoms with Crippen LogP contribution in [0.2, 0.25) is 0 Å². The molecule has 1 fully saturated rings. The van der Waals surface area contributed by atoms with Gasteiger partial charge < -0.3 is 4.57 Å². The van der Waals surface area contributed by atoms with E-state index in [2.05, 4.69) is 0 Å². The molecule has 4 rings (SSSR count). The minimum atomic E-state index is -5.54. The fourth-order valence-electron chi connectivity index (χ4n) is 4.45. The third-order valence-corrected chi connectivity index (χ3v) is 11.6. The van der Waals surface area contributed by atoms with Crippen molar-refractivity contribution < 1.29 is 42.8 Å². The van der Waals surface area contributed by atoms with Crippen molar-refractivity contribution in [2.75, 3.05) is 19.6 Å². The molecule has 208 valence electrons. The molecule has 0 saturated carbocycles. The average Bonchev–Trinajstić information content (AvgIpc) is 3.16. The van der Waals surface area contributed by atoms with E-state index in [4.69, 9.17) is 0 Å². The van der Waals surface area contributed by atoms with E-state index in [1.165, 1.54) is 46.7 Å². The van der Waals surface area contributed by atoms with Gasteiger partial charge in [-0.1, -0.05) is 30.3 Å². The number of halogens is 4. The Balaban J connectivity index is 1.70. The number of rotatable bonds is 7. The molecular weight excluding hydrogens is 574 g/mol. The van der Waals surface area contributed by atoms with Gasteiger partial charge in [-0.15, -0.1) is 0 Å². The van der Waals surface area contributed by atoms with Gasteiger partial charge in [-0.2, -0.15) is 17.5 Å². The predicted octanol–water partition coefficient (Wildman–Crippen LogP) is 2.99. The monoisotopic (exact) mass is 597 g/mol. The van der Waals surface area contributed by atoms with Gasteiger partial charge in [0.1, 0.15) is 15.6 Å². The Kier molecular flexibility index (Phi) is 7.42. The summed E-state index contributed by atoms with van der Waals surface area (Å²) in [4.78, 5) is -1.23. The molecule has 1 aliphatic rings. The summed E-state index contributed by atoms with van der Waals surface area (Å²) in [6, 6.07) is 10.7. The van der Waals surface area contributed by atoms with Crippen molar-refractivity contribution in [2.45, 2.75) is 33.2 Å². The van der Waals surface area contributed by atoms with Crippen molar-refractivity contribution in [2.24, 2.45) is 13.0 Å². The molecule has 0 radical (unpaired) electrons. The predicted molar refractivity (Wildman–Crippen MR) is 129 cm³/mol. The Morgan fingerprint density at radius 1 is 0.921 bits per heavy atom. The number of piperidine rings is 1. The van der Waals surface area contributed by atoms with E-state index in [0.717, 1.165) is 16.4 Å². The minimum absolute atomic E-state index is 0.0275. The number of nitrogens with one attached hydrogen (secondary N) is 1. The summed E-state index contributed by atoms with van der Waals surface area (Å²) in [5.74, 6) is -1.63. The van der Waals surface area contributed by atoms with Crippen LogP contribution < -0.4 is 4.72 Å². The van der Waals surface area contributed by atoms with Crippen molar-refractivity contribution >= 4 is 40.8 Å². The number of para-hydroxylation sites is 1. The van der Waals surface area contributed by atoms with Crippen molar-refractivity contribution in [3.63, 3.8) is 0 Å². The quantitative estimate of drug-likeness (QED) is 0.418. The zero-order chi connectivity index (χ0) is 28.1. The fraction of sp³-hybridized carbons (Fsp3) is 0.364. The highest BCUT2D eigenvalue weighted by molar-refractivity contribution is 7.93. The number of benzene rings is 2. The first-order chi connectivity index (χ1) is 17.6. The molecule has 2 aromatic carbocycles. The van der Waals surface area contributed by atoms with Crippen molar-refractivity contribution in [1.29, 1.82) is 0 Å². The van der Waals surface area contributed by atoms with E-state index in [1.54, 1.807) is 6.07 Å². The molecule has 0 aliphatic carbocycles.